The average molecular weight is 238 g/mol. The van der Waals surface area contributed by atoms with Crippen LogP contribution in [0.1, 0.15) is 10.5 Å². The zero-order chi connectivity index (χ0) is 12.3. The number of hydrogen-bond donors (Lipinski definition) is 2. The molecule has 0 aromatic carbocycles. The molecule has 0 bridgehead atoms. The Morgan fingerprint density at radius 3 is 3.12 bits per heavy atom. The molecule has 2 rings (SSSR count). The third kappa shape index (κ3) is 2.28. The van der Waals surface area contributed by atoms with Crippen molar-refractivity contribution >= 4 is 11.8 Å². The van der Waals surface area contributed by atoms with Gasteiger partial charge >= 0.3 is 0 Å². The third-order valence-corrected chi connectivity index (χ3v) is 2.71. The predicted octanol–water partition coefficient (Wildman–Crippen LogP) is -1.17. The Labute approximate surface area is 98.1 Å². The molecule has 1 saturated heterocycles. The highest BCUT2D eigenvalue weighted by atomic mass is 16.5. The lowest BCUT2D eigenvalue weighted by Gasteiger charge is -2.34. The minimum atomic E-state index is -0.502. The molecule has 1 unspecified atom stereocenters. The van der Waals surface area contributed by atoms with E-state index in [0.717, 1.165) is 0 Å². The zero-order valence-corrected chi connectivity index (χ0v) is 9.47. The lowest BCUT2D eigenvalue weighted by atomic mass is 10.1. The number of hydrogen-bond acceptors (Lipinski definition) is 5. The quantitative estimate of drug-likeness (QED) is 0.678. The number of rotatable bonds is 2. The van der Waals surface area contributed by atoms with E-state index < -0.39 is 6.04 Å². The summed E-state index contributed by atoms with van der Waals surface area (Å²) in [4.78, 5) is 25.3. The summed E-state index contributed by atoms with van der Waals surface area (Å²) in [7, 11) is 1.55. The first kappa shape index (κ1) is 11.6. The number of amides is 2. The number of carbonyl (C=O) groups excluding carboxylic acids is 2. The van der Waals surface area contributed by atoms with Crippen molar-refractivity contribution in [2.24, 2.45) is 0 Å². The van der Waals surface area contributed by atoms with E-state index in [2.05, 4.69) is 20.3 Å². The fourth-order valence-corrected chi connectivity index (χ4v) is 1.82. The summed E-state index contributed by atoms with van der Waals surface area (Å²) in [6, 6.07) is 0.989. The van der Waals surface area contributed by atoms with Crippen LogP contribution in [0.25, 0.3) is 0 Å². The van der Waals surface area contributed by atoms with Crippen LogP contribution in [0, 0.1) is 0 Å². The number of nitrogens with zero attached hydrogens (tertiary/aromatic N) is 2. The maximum Gasteiger partial charge on any atom is 0.276 e. The molecule has 2 heterocycles. The van der Waals surface area contributed by atoms with E-state index in [9.17, 15) is 9.59 Å². The molecule has 0 spiro atoms. The minimum absolute atomic E-state index is 0.186. The van der Waals surface area contributed by atoms with Crippen molar-refractivity contribution in [3.05, 3.63) is 18.0 Å². The Balaban J connectivity index is 2.16. The first-order valence-corrected chi connectivity index (χ1v) is 5.37. The Hall–Kier alpha value is -1.89. The van der Waals surface area contributed by atoms with Crippen molar-refractivity contribution in [3.8, 4) is 0 Å². The van der Waals surface area contributed by atoms with Gasteiger partial charge in [0.25, 0.3) is 5.91 Å². The van der Waals surface area contributed by atoms with Gasteiger partial charge in [0.1, 0.15) is 12.3 Å². The van der Waals surface area contributed by atoms with Crippen LogP contribution in [0.3, 0.4) is 0 Å². The molecule has 1 aromatic heterocycles. The van der Waals surface area contributed by atoms with Crippen molar-refractivity contribution in [3.63, 3.8) is 0 Å². The lowest BCUT2D eigenvalue weighted by Crippen LogP contribution is -2.59. The maximum atomic E-state index is 12.1. The minimum Gasteiger partial charge on any atom is -0.364 e. The van der Waals surface area contributed by atoms with Gasteiger partial charge in [-0.1, -0.05) is 5.16 Å². The summed E-state index contributed by atoms with van der Waals surface area (Å²) in [5.41, 5.74) is 0.223. The van der Waals surface area contributed by atoms with E-state index in [1.54, 1.807) is 7.05 Å². The monoisotopic (exact) mass is 238 g/mol. The summed E-state index contributed by atoms with van der Waals surface area (Å²) in [5.74, 6) is -0.470. The van der Waals surface area contributed by atoms with Crippen molar-refractivity contribution in [1.29, 1.82) is 0 Å². The van der Waals surface area contributed by atoms with Gasteiger partial charge in [0, 0.05) is 32.7 Å². The number of carbonyl (C=O) groups is 2. The lowest BCUT2D eigenvalue weighted by molar-refractivity contribution is -0.125. The number of nitrogens with one attached hydrogen (secondary N) is 2. The smallest absolute Gasteiger partial charge is 0.276 e. The Morgan fingerprint density at radius 1 is 1.65 bits per heavy atom. The molecule has 1 aromatic rings. The van der Waals surface area contributed by atoms with Gasteiger partial charge in [0.2, 0.25) is 5.91 Å². The second-order valence-corrected chi connectivity index (χ2v) is 3.72. The molecular formula is C10H14N4O3. The van der Waals surface area contributed by atoms with Gasteiger partial charge in [-0.15, -0.1) is 0 Å². The first-order chi connectivity index (χ1) is 8.24. The largest absolute Gasteiger partial charge is 0.364 e. The SMILES string of the molecule is CNC(=O)C1CNCCN1C(=O)c1ccon1. The van der Waals surface area contributed by atoms with E-state index in [0.29, 0.717) is 19.6 Å². The Morgan fingerprint density at radius 2 is 2.47 bits per heavy atom. The maximum absolute atomic E-state index is 12.1. The average Bonchev–Trinajstić information content (AvgIpc) is 2.91. The topological polar surface area (TPSA) is 87.5 Å². The second-order valence-electron chi connectivity index (χ2n) is 3.72. The van der Waals surface area contributed by atoms with Gasteiger partial charge in [-0.2, -0.15) is 0 Å². The van der Waals surface area contributed by atoms with Crippen LogP contribution in [0.4, 0.5) is 0 Å². The van der Waals surface area contributed by atoms with Crippen molar-refractivity contribution in [2.75, 3.05) is 26.7 Å². The molecule has 0 saturated carbocycles. The van der Waals surface area contributed by atoms with Crippen LogP contribution in [-0.2, 0) is 4.79 Å². The molecule has 7 heteroatoms. The summed E-state index contributed by atoms with van der Waals surface area (Å²) >= 11 is 0. The number of likely N-dealkylation sites (N-methyl/N-ethyl adjacent to an activating group) is 1. The van der Waals surface area contributed by atoms with Gasteiger partial charge in [0.05, 0.1) is 0 Å². The normalized spacial score (nSPS) is 20.1. The molecule has 1 aliphatic rings. The molecule has 92 valence electrons. The van der Waals surface area contributed by atoms with Gasteiger partial charge in [0.15, 0.2) is 5.69 Å². The molecule has 0 radical (unpaired) electrons. The summed E-state index contributed by atoms with van der Waals surface area (Å²) in [6.07, 6.45) is 1.34. The van der Waals surface area contributed by atoms with Crippen LogP contribution in [0.5, 0.6) is 0 Å². The summed E-state index contributed by atoms with van der Waals surface area (Å²) < 4.78 is 4.63. The van der Waals surface area contributed by atoms with Crippen molar-refractivity contribution < 1.29 is 14.1 Å². The van der Waals surface area contributed by atoms with Crippen LogP contribution >= 0.6 is 0 Å². The predicted molar refractivity (Wildman–Crippen MR) is 58.3 cm³/mol. The molecule has 0 aliphatic carbocycles. The molecule has 2 N–H and O–H groups in total. The molecule has 1 aliphatic heterocycles. The van der Waals surface area contributed by atoms with E-state index in [4.69, 9.17) is 0 Å². The van der Waals surface area contributed by atoms with E-state index >= 15 is 0 Å². The summed E-state index contributed by atoms with van der Waals surface area (Å²) in [5, 5.41) is 9.22. The molecule has 1 fully saturated rings. The van der Waals surface area contributed by atoms with Gasteiger partial charge in [-0.05, 0) is 0 Å². The van der Waals surface area contributed by atoms with Gasteiger partial charge < -0.3 is 20.1 Å². The van der Waals surface area contributed by atoms with Crippen LogP contribution < -0.4 is 10.6 Å². The molecular weight excluding hydrogens is 224 g/mol. The van der Waals surface area contributed by atoms with Crippen LogP contribution in [0.15, 0.2) is 16.9 Å². The van der Waals surface area contributed by atoms with Gasteiger partial charge in [-0.25, -0.2) is 0 Å². The first-order valence-electron chi connectivity index (χ1n) is 5.37. The van der Waals surface area contributed by atoms with Crippen LogP contribution in [-0.4, -0.2) is 54.6 Å². The van der Waals surface area contributed by atoms with Crippen molar-refractivity contribution in [2.45, 2.75) is 6.04 Å². The molecule has 2 amide bonds. The summed E-state index contributed by atoms with van der Waals surface area (Å²) in [6.45, 7) is 1.59. The molecule has 7 nitrogen and oxygen atoms in total. The molecule has 1 atom stereocenters. The van der Waals surface area contributed by atoms with Crippen molar-refractivity contribution in [1.82, 2.24) is 20.7 Å². The molecule has 17 heavy (non-hydrogen) atoms. The number of piperazine rings is 1. The highest BCUT2D eigenvalue weighted by Crippen LogP contribution is 2.09. The fraction of sp³-hybridized carbons (Fsp3) is 0.500. The standard InChI is InChI=1S/C10H14N4O3/c1-11-9(15)8-6-12-3-4-14(8)10(16)7-2-5-17-13-7/h2,5,8,12H,3-4,6H2,1H3,(H,11,15). The highest BCUT2D eigenvalue weighted by Gasteiger charge is 2.32. The highest BCUT2D eigenvalue weighted by molar-refractivity contribution is 5.96. The van der Waals surface area contributed by atoms with E-state index in [1.165, 1.54) is 17.2 Å². The third-order valence-electron chi connectivity index (χ3n) is 2.71. The van der Waals surface area contributed by atoms with Crippen LogP contribution in [0.2, 0.25) is 0 Å². The fourth-order valence-electron chi connectivity index (χ4n) is 1.82. The number of aromatic nitrogens is 1. The van der Waals surface area contributed by atoms with Gasteiger partial charge in [-0.3, -0.25) is 9.59 Å². The van der Waals surface area contributed by atoms with E-state index in [1.807, 2.05) is 0 Å². The second kappa shape index (κ2) is 4.96. The Bertz CT molecular complexity index is 404. The zero-order valence-electron chi connectivity index (χ0n) is 9.47. The van der Waals surface area contributed by atoms with E-state index in [-0.39, 0.29) is 17.5 Å². The Kier molecular flexibility index (Phi) is 3.38.